The number of carbonyl (C=O) groups is 3. The van der Waals surface area contributed by atoms with Crippen LogP contribution in [0.5, 0.6) is 0 Å². The van der Waals surface area contributed by atoms with E-state index in [-0.39, 0.29) is 31.1 Å². The zero-order chi connectivity index (χ0) is 38.5. The van der Waals surface area contributed by atoms with E-state index in [1.54, 1.807) is 0 Å². The van der Waals surface area contributed by atoms with Crippen LogP contribution in [0.3, 0.4) is 0 Å². The predicted octanol–water partition coefficient (Wildman–Crippen LogP) is 14.0. The zero-order valence-corrected chi connectivity index (χ0v) is 35.6. The second-order valence-electron chi connectivity index (χ2n) is 16.4. The first-order chi connectivity index (χ1) is 25.2. The summed E-state index contributed by atoms with van der Waals surface area (Å²) in [5.41, 5.74) is 0. The molecule has 4 atom stereocenters. The molecule has 0 bridgehead atoms. The Morgan fingerprint density at radius 1 is 0.365 bits per heavy atom. The van der Waals surface area contributed by atoms with Gasteiger partial charge in [0.15, 0.2) is 6.10 Å². The highest BCUT2D eigenvalue weighted by molar-refractivity contribution is 5.71. The molecule has 0 heterocycles. The van der Waals surface area contributed by atoms with Gasteiger partial charge in [-0.1, -0.05) is 202 Å². The van der Waals surface area contributed by atoms with Crippen LogP contribution < -0.4 is 0 Å². The molecule has 0 aromatic heterocycles. The highest BCUT2D eigenvalue weighted by atomic mass is 16.6. The van der Waals surface area contributed by atoms with Crippen LogP contribution in [0.4, 0.5) is 0 Å². The fraction of sp³-hybridized carbons (Fsp3) is 0.935. The molecule has 308 valence electrons. The molecule has 0 aliphatic carbocycles. The van der Waals surface area contributed by atoms with Gasteiger partial charge in [-0.3, -0.25) is 14.4 Å². The molecule has 0 aliphatic heterocycles. The maximum atomic E-state index is 12.7. The van der Waals surface area contributed by atoms with Crippen molar-refractivity contribution in [1.29, 1.82) is 0 Å². The minimum absolute atomic E-state index is 0.0673. The Kier molecular flexibility index (Phi) is 36.6. The lowest BCUT2D eigenvalue weighted by atomic mass is 9.99. The standard InChI is InChI=1S/C46H88O6/c1-7-40(4)32-26-20-14-10-12-16-23-29-35-44(47)50-38-43(39-51-45(48)36-30-24-19-18-22-28-34-42(6)9-3)52-46(49)37-31-25-17-13-11-15-21-27-33-41(5)8-2/h40-43H,7-39H2,1-6H3/t40?,41?,42?,43-/m0/s1. The molecule has 0 aromatic rings. The fourth-order valence-electron chi connectivity index (χ4n) is 6.60. The Balaban J connectivity index is 4.38. The molecule has 0 aliphatic rings. The number of hydrogen-bond donors (Lipinski definition) is 0. The van der Waals surface area contributed by atoms with Crippen molar-refractivity contribution in [3.63, 3.8) is 0 Å². The van der Waals surface area contributed by atoms with E-state index in [9.17, 15) is 14.4 Å². The number of esters is 3. The average Bonchev–Trinajstić information content (AvgIpc) is 3.14. The van der Waals surface area contributed by atoms with Crippen molar-refractivity contribution in [2.24, 2.45) is 17.8 Å². The van der Waals surface area contributed by atoms with E-state index >= 15 is 0 Å². The monoisotopic (exact) mass is 737 g/mol. The minimum Gasteiger partial charge on any atom is -0.462 e. The van der Waals surface area contributed by atoms with Crippen molar-refractivity contribution in [3.05, 3.63) is 0 Å². The highest BCUT2D eigenvalue weighted by Gasteiger charge is 2.19. The van der Waals surface area contributed by atoms with Crippen molar-refractivity contribution >= 4 is 17.9 Å². The lowest BCUT2D eigenvalue weighted by Gasteiger charge is -2.18. The molecule has 0 amide bonds. The first-order valence-electron chi connectivity index (χ1n) is 22.7. The van der Waals surface area contributed by atoms with Crippen molar-refractivity contribution in [2.75, 3.05) is 13.2 Å². The van der Waals surface area contributed by atoms with Gasteiger partial charge in [-0.15, -0.1) is 0 Å². The van der Waals surface area contributed by atoms with Gasteiger partial charge in [-0.2, -0.15) is 0 Å². The molecule has 6 heteroatoms. The quantitative estimate of drug-likeness (QED) is 0.0355. The van der Waals surface area contributed by atoms with Crippen LogP contribution in [0.15, 0.2) is 0 Å². The van der Waals surface area contributed by atoms with Gasteiger partial charge in [0.05, 0.1) is 0 Å². The van der Waals surface area contributed by atoms with Crippen LogP contribution in [-0.4, -0.2) is 37.2 Å². The molecule has 0 saturated heterocycles. The lowest BCUT2D eigenvalue weighted by molar-refractivity contribution is -0.167. The SMILES string of the molecule is CCC(C)CCCCCCCCCCC(=O)OC[C@@H](COC(=O)CCCCCCCCC(C)CC)OC(=O)CCCCCCCCCCC(C)CC. The topological polar surface area (TPSA) is 78.9 Å². The van der Waals surface area contributed by atoms with Crippen molar-refractivity contribution in [3.8, 4) is 0 Å². The van der Waals surface area contributed by atoms with E-state index in [1.807, 2.05) is 0 Å². The Hall–Kier alpha value is -1.59. The Morgan fingerprint density at radius 2 is 0.615 bits per heavy atom. The van der Waals surface area contributed by atoms with E-state index in [0.29, 0.717) is 19.3 Å². The maximum absolute atomic E-state index is 12.7. The second kappa shape index (κ2) is 37.7. The highest BCUT2D eigenvalue weighted by Crippen LogP contribution is 2.18. The Bertz CT molecular complexity index is 813. The van der Waals surface area contributed by atoms with Gasteiger partial charge in [0.25, 0.3) is 0 Å². The van der Waals surface area contributed by atoms with Gasteiger partial charge >= 0.3 is 17.9 Å². The third-order valence-electron chi connectivity index (χ3n) is 11.2. The van der Waals surface area contributed by atoms with Crippen LogP contribution in [0.25, 0.3) is 0 Å². The number of ether oxygens (including phenoxy) is 3. The number of rotatable bonds is 39. The van der Waals surface area contributed by atoms with E-state index in [2.05, 4.69) is 41.5 Å². The molecule has 0 N–H and O–H groups in total. The van der Waals surface area contributed by atoms with E-state index in [0.717, 1.165) is 75.5 Å². The molecule has 6 nitrogen and oxygen atoms in total. The summed E-state index contributed by atoms with van der Waals surface area (Å²) < 4.78 is 16.7. The van der Waals surface area contributed by atoms with E-state index < -0.39 is 6.10 Å². The average molecular weight is 737 g/mol. The smallest absolute Gasteiger partial charge is 0.306 e. The third kappa shape index (κ3) is 35.4. The first kappa shape index (κ1) is 50.4. The predicted molar refractivity (Wildman–Crippen MR) is 219 cm³/mol. The second-order valence-corrected chi connectivity index (χ2v) is 16.4. The minimum atomic E-state index is -0.762. The fourth-order valence-corrected chi connectivity index (χ4v) is 6.60. The van der Waals surface area contributed by atoms with Gasteiger partial charge in [-0.25, -0.2) is 0 Å². The van der Waals surface area contributed by atoms with Gasteiger partial charge in [0.1, 0.15) is 13.2 Å². The first-order valence-corrected chi connectivity index (χ1v) is 22.7. The Morgan fingerprint density at radius 3 is 0.904 bits per heavy atom. The number of carbonyl (C=O) groups excluding carboxylic acids is 3. The van der Waals surface area contributed by atoms with Crippen LogP contribution >= 0.6 is 0 Å². The molecule has 0 aromatic carbocycles. The van der Waals surface area contributed by atoms with Gasteiger partial charge in [-0.05, 0) is 37.0 Å². The molecule has 52 heavy (non-hydrogen) atoms. The molecule has 0 saturated carbocycles. The molecule has 0 spiro atoms. The molecule has 0 radical (unpaired) electrons. The van der Waals surface area contributed by atoms with Gasteiger partial charge < -0.3 is 14.2 Å². The van der Waals surface area contributed by atoms with Crippen molar-refractivity contribution in [2.45, 2.75) is 247 Å². The van der Waals surface area contributed by atoms with Crippen LogP contribution in [0.2, 0.25) is 0 Å². The van der Waals surface area contributed by atoms with Crippen LogP contribution in [0.1, 0.15) is 241 Å². The summed E-state index contributed by atoms with van der Waals surface area (Å²) in [5.74, 6) is 1.64. The molecule has 0 rings (SSSR count). The largest absolute Gasteiger partial charge is 0.462 e. The summed E-state index contributed by atoms with van der Waals surface area (Å²) in [7, 11) is 0. The molecular formula is C46H88O6. The Labute approximate surface area is 323 Å². The van der Waals surface area contributed by atoms with Crippen LogP contribution in [0, 0.1) is 17.8 Å². The normalized spacial score (nSPS) is 13.7. The summed E-state index contributed by atoms with van der Waals surface area (Å²) in [6.07, 6.45) is 33.6. The summed E-state index contributed by atoms with van der Waals surface area (Å²) in [4.78, 5) is 37.7. The summed E-state index contributed by atoms with van der Waals surface area (Å²) in [6.45, 7) is 13.7. The van der Waals surface area contributed by atoms with Gasteiger partial charge in [0.2, 0.25) is 0 Å². The van der Waals surface area contributed by atoms with Gasteiger partial charge in [0, 0.05) is 19.3 Å². The maximum Gasteiger partial charge on any atom is 0.306 e. The zero-order valence-electron chi connectivity index (χ0n) is 35.6. The molecular weight excluding hydrogens is 648 g/mol. The lowest BCUT2D eigenvalue weighted by Crippen LogP contribution is -2.30. The van der Waals surface area contributed by atoms with E-state index in [1.165, 1.54) is 122 Å². The van der Waals surface area contributed by atoms with Crippen LogP contribution in [-0.2, 0) is 28.6 Å². The third-order valence-corrected chi connectivity index (χ3v) is 11.2. The summed E-state index contributed by atoms with van der Waals surface area (Å²) in [6, 6.07) is 0. The molecule has 3 unspecified atom stereocenters. The van der Waals surface area contributed by atoms with E-state index in [4.69, 9.17) is 14.2 Å². The summed E-state index contributed by atoms with van der Waals surface area (Å²) in [5, 5.41) is 0. The molecule has 0 fully saturated rings. The number of hydrogen-bond acceptors (Lipinski definition) is 6. The number of unbranched alkanes of at least 4 members (excludes halogenated alkanes) is 19. The summed E-state index contributed by atoms with van der Waals surface area (Å²) >= 11 is 0. The van der Waals surface area contributed by atoms with Crippen molar-refractivity contribution in [1.82, 2.24) is 0 Å². The van der Waals surface area contributed by atoms with Crippen molar-refractivity contribution < 1.29 is 28.6 Å².